The first kappa shape index (κ1) is 11.0. The number of hydrogen-bond donors (Lipinski definition) is 0. The van der Waals surface area contributed by atoms with Gasteiger partial charge in [0.2, 0.25) is 0 Å². The van der Waals surface area contributed by atoms with Crippen LogP contribution in [-0.2, 0) is 4.74 Å². The molecule has 0 bridgehead atoms. The van der Waals surface area contributed by atoms with Crippen LogP contribution in [0, 0.1) is 5.41 Å². The summed E-state index contributed by atoms with van der Waals surface area (Å²) in [5.41, 5.74) is 0.310. The van der Waals surface area contributed by atoms with Gasteiger partial charge in [-0.05, 0) is 19.3 Å². The van der Waals surface area contributed by atoms with E-state index >= 15 is 0 Å². The van der Waals surface area contributed by atoms with Crippen LogP contribution in [-0.4, -0.2) is 20.6 Å². The summed E-state index contributed by atoms with van der Waals surface area (Å²) in [6.07, 6.45) is 0.355. The van der Waals surface area contributed by atoms with Gasteiger partial charge in [-0.2, -0.15) is 0 Å². The van der Waals surface area contributed by atoms with Gasteiger partial charge in [0.1, 0.15) is 7.85 Å². The Balaban J connectivity index is 3.73. The van der Waals surface area contributed by atoms with Crippen molar-refractivity contribution in [3.63, 3.8) is 0 Å². The monoisotopic (exact) mass is 156 g/mol. The molecule has 0 heterocycles. The molecule has 0 radical (unpaired) electrons. The maximum atomic E-state index is 5.57. The molecule has 0 saturated carbocycles. The highest BCUT2D eigenvalue weighted by Gasteiger charge is 2.22. The first-order chi connectivity index (χ1) is 4.86. The van der Waals surface area contributed by atoms with Gasteiger partial charge in [-0.3, -0.25) is 0 Å². The Bertz CT molecular complexity index is 108. The van der Waals surface area contributed by atoms with Crippen LogP contribution in [0.4, 0.5) is 0 Å². The molecule has 0 aliphatic rings. The molecular weight excluding hydrogens is 135 g/mol. The highest BCUT2D eigenvalue weighted by Crippen LogP contribution is 2.29. The van der Waals surface area contributed by atoms with Gasteiger partial charge in [-0.1, -0.05) is 26.6 Å². The number of rotatable bonds is 4. The number of ether oxygens (including phenoxy) is 1. The van der Waals surface area contributed by atoms with Crippen molar-refractivity contribution in [1.82, 2.24) is 0 Å². The summed E-state index contributed by atoms with van der Waals surface area (Å²) < 4.78 is 5.57. The molecule has 0 fully saturated rings. The van der Waals surface area contributed by atoms with Crippen LogP contribution in [0.15, 0.2) is 0 Å². The van der Waals surface area contributed by atoms with E-state index in [4.69, 9.17) is 4.74 Å². The molecule has 0 spiro atoms. The van der Waals surface area contributed by atoms with E-state index in [9.17, 15) is 0 Å². The second kappa shape index (κ2) is 4.15. The average molecular weight is 156 g/mol. The highest BCUT2D eigenvalue weighted by atomic mass is 16.5. The van der Waals surface area contributed by atoms with Crippen LogP contribution in [0.5, 0.6) is 0 Å². The van der Waals surface area contributed by atoms with Crippen LogP contribution in [0.3, 0.4) is 0 Å². The van der Waals surface area contributed by atoms with Gasteiger partial charge in [-0.25, -0.2) is 0 Å². The van der Waals surface area contributed by atoms with E-state index in [-0.39, 0.29) is 0 Å². The lowest BCUT2D eigenvalue weighted by Crippen LogP contribution is -2.25. The van der Waals surface area contributed by atoms with Gasteiger partial charge < -0.3 is 4.74 Å². The van der Waals surface area contributed by atoms with E-state index in [1.165, 1.54) is 0 Å². The molecule has 0 aromatic heterocycles. The Labute approximate surface area is 71.9 Å². The van der Waals surface area contributed by atoms with Crippen LogP contribution in [0.25, 0.3) is 0 Å². The molecule has 1 nitrogen and oxygen atoms in total. The second-order valence-electron chi connectivity index (χ2n) is 4.50. The van der Waals surface area contributed by atoms with E-state index in [2.05, 4.69) is 42.5 Å². The third-order valence-electron chi connectivity index (χ3n) is 2.35. The SMILES string of the molecule is BC(C)C(C)(C)COC(C)C. The molecule has 0 aliphatic carbocycles. The fraction of sp³-hybridized carbons (Fsp3) is 1.00. The zero-order valence-corrected chi connectivity index (χ0v) is 8.77. The molecule has 0 aromatic rings. The minimum atomic E-state index is 0.310. The molecule has 0 aromatic carbocycles. The van der Waals surface area contributed by atoms with Crippen LogP contribution >= 0.6 is 0 Å². The summed E-state index contributed by atoms with van der Waals surface area (Å²) in [5, 5.41) is 0. The van der Waals surface area contributed by atoms with Gasteiger partial charge in [0.25, 0.3) is 0 Å². The third kappa shape index (κ3) is 4.46. The summed E-state index contributed by atoms with van der Waals surface area (Å²) in [6, 6.07) is 0. The van der Waals surface area contributed by atoms with Gasteiger partial charge in [0, 0.05) is 0 Å². The van der Waals surface area contributed by atoms with Crippen molar-refractivity contribution < 1.29 is 4.74 Å². The normalized spacial score (nSPS) is 15.5. The Morgan fingerprint density at radius 1 is 1.27 bits per heavy atom. The van der Waals surface area contributed by atoms with Crippen molar-refractivity contribution in [1.29, 1.82) is 0 Å². The van der Waals surface area contributed by atoms with Gasteiger partial charge in [-0.15, -0.1) is 0 Å². The van der Waals surface area contributed by atoms with Crippen LogP contribution < -0.4 is 0 Å². The van der Waals surface area contributed by atoms with E-state index in [0.717, 1.165) is 6.61 Å². The van der Waals surface area contributed by atoms with E-state index in [1.807, 2.05) is 0 Å². The predicted octanol–water partition coefficient (Wildman–Crippen LogP) is 1.88. The van der Waals surface area contributed by atoms with E-state index in [0.29, 0.717) is 17.3 Å². The van der Waals surface area contributed by atoms with Crippen LogP contribution in [0.2, 0.25) is 5.82 Å². The number of hydrogen-bond acceptors (Lipinski definition) is 1. The molecular formula is C9H21BO. The summed E-state index contributed by atoms with van der Waals surface area (Å²) in [5.74, 6) is 0.682. The van der Waals surface area contributed by atoms with Crippen molar-refractivity contribution in [2.75, 3.05) is 6.61 Å². The van der Waals surface area contributed by atoms with Crippen molar-refractivity contribution >= 4 is 7.85 Å². The Kier molecular flexibility index (Phi) is 4.16. The fourth-order valence-corrected chi connectivity index (χ4v) is 0.548. The molecule has 1 unspecified atom stereocenters. The minimum Gasteiger partial charge on any atom is -0.378 e. The highest BCUT2D eigenvalue weighted by molar-refractivity contribution is 6.11. The molecule has 0 rings (SSSR count). The lowest BCUT2D eigenvalue weighted by atomic mass is 9.69. The van der Waals surface area contributed by atoms with Crippen molar-refractivity contribution in [2.45, 2.75) is 46.5 Å². The van der Waals surface area contributed by atoms with E-state index < -0.39 is 0 Å². The largest absolute Gasteiger partial charge is 0.378 e. The average Bonchev–Trinajstić information content (AvgIpc) is 1.84. The fourth-order valence-electron chi connectivity index (χ4n) is 0.548. The first-order valence-electron chi connectivity index (χ1n) is 4.48. The lowest BCUT2D eigenvalue weighted by molar-refractivity contribution is 0.0205. The molecule has 0 N–H and O–H groups in total. The van der Waals surface area contributed by atoms with E-state index in [1.54, 1.807) is 0 Å². The summed E-state index contributed by atoms with van der Waals surface area (Å²) in [4.78, 5) is 0. The standard InChI is InChI=1S/C9H21BO/c1-7(2)11-6-9(4,5)8(3)10/h7-8H,6,10H2,1-5H3. The summed E-state index contributed by atoms with van der Waals surface area (Å²) in [6.45, 7) is 11.8. The quantitative estimate of drug-likeness (QED) is 0.564. The molecule has 1 atom stereocenters. The van der Waals surface area contributed by atoms with Gasteiger partial charge in [0.05, 0.1) is 12.7 Å². The lowest BCUT2D eigenvalue weighted by Gasteiger charge is -2.29. The maximum Gasteiger partial charge on any atom is 0.105 e. The zero-order valence-electron chi connectivity index (χ0n) is 8.77. The Hall–Kier alpha value is 0.0249. The Morgan fingerprint density at radius 3 is 2.00 bits per heavy atom. The third-order valence-corrected chi connectivity index (χ3v) is 2.35. The molecule has 2 heteroatoms. The molecule has 0 saturated heterocycles. The van der Waals surface area contributed by atoms with Crippen LogP contribution in [0.1, 0.15) is 34.6 Å². The molecule has 0 amide bonds. The van der Waals surface area contributed by atoms with Crippen molar-refractivity contribution in [3.8, 4) is 0 Å². The molecule has 66 valence electrons. The van der Waals surface area contributed by atoms with Gasteiger partial charge >= 0.3 is 0 Å². The van der Waals surface area contributed by atoms with Crippen molar-refractivity contribution in [3.05, 3.63) is 0 Å². The first-order valence-corrected chi connectivity index (χ1v) is 4.48. The zero-order chi connectivity index (χ0) is 9.07. The molecule has 11 heavy (non-hydrogen) atoms. The summed E-state index contributed by atoms with van der Waals surface area (Å²) >= 11 is 0. The summed E-state index contributed by atoms with van der Waals surface area (Å²) in [7, 11) is 2.24. The minimum absolute atomic E-state index is 0.310. The predicted molar refractivity (Wildman–Crippen MR) is 52.8 cm³/mol. The molecule has 0 aliphatic heterocycles. The maximum absolute atomic E-state index is 5.57. The second-order valence-corrected chi connectivity index (χ2v) is 4.50. The Morgan fingerprint density at radius 2 is 1.73 bits per heavy atom. The van der Waals surface area contributed by atoms with Crippen molar-refractivity contribution in [2.24, 2.45) is 5.41 Å². The topological polar surface area (TPSA) is 9.23 Å². The van der Waals surface area contributed by atoms with Gasteiger partial charge in [0.15, 0.2) is 0 Å². The smallest absolute Gasteiger partial charge is 0.105 e.